The van der Waals surface area contributed by atoms with E-state index in [9.17, 15) is 0 Å². The van der Waals surface area contributed by atoms with E-state index >= 15 is 0 Å². The molecule has 0 aliphatic heterocycles. The van der Waals surface area contributed by atoms with E-state index < -0.39 is 0 Å². The van der Waals surface area contributed by atoms with Crippen molar-refractivity contribution in [1.29, 1.82) is 0 Å². The third-order valence-electron chi connectivity index (χ3n) is 1.67. The average molecular weight is 187 g/mol. The molecule has 4 heteroatoms. The van der Waals surface area contributed by atoms with E-state index in [4.69, 9.17) is 10.2 Å². The lowest BCUT2D eigenvalue weighted by atomic mass is 10.2. The van der Waals surface area contributed by atoms with E-state index in [1.54, 1.807) is 6.08 Å². The van der Waals surface area contributed by atoms with Crippen molar-refractivity contribution in [3.8, 4) is 0 Å². The summed E-state index contributed by atoms with van der Waals surface area (Å²) < 4.78 is 4.97. The van der Waals surface area contributed by atoms with Crippen LogP contribution in [0.5, 0.6) is 0 Å². The van der Waals surface area contributed by atoms with Crippen LogP contribution < -0.4 is 5.73 Å². The zero-order valence-corrected chi connectivity index (χ0v) is 7.42. The van der Waals surface area contributed by atoms with Gasteiger partial charge in [0.2, 0.25) is 5.89 Å². The van der Waals surface area contributed by atoms with Gasteiger partial charge in [0.15, 0.2) is 0 Å². The second kappa shape index (κ2) is 3.74. The summed E-state index contributed by atoms with van der Waals surface area (Å²) in [5.74, 6) is 0.409. The van der Waals surface area contributed by atoms with Crippen LogP contribution in [0, 0.1) is 0 Å². The van der Waals surface area contributed by atoms with E-state index in [0.717, 1.165) is 5.56 Å². The Balaban J connectivity index is 2.15. The Morgan fingerprint density at radius 2 is 1.86 bits per heavy atom. The number of benzene rings is 1. The quantitative estimate of drug-likeness (QED) is 0.778. The zero-order chi connectivity index (χ0) is 9.80. The van der Waals surface area contributed by atoms with Gasteiger partial charge < -0.3 is 10.2 Å². The van der Waals surface area contributed by atoms with Crippen LogP contribution in [0.1, 0.15) is 11.5 Å². The van der Waals surface area contributed by atoms with Gasteiger partial charge in [0.1, 0.15) is 0 Å². The van der Waals surface area contributed by atoms with E-state index in [0.29, 0.717) is 5.89 Å². The minimum absolute atomic E-state index is 0.0812. The maximum atomic E-state index is 5.27. The maximum Gasteiger partial charge on any atom is 0.313 e. The summed E-state index contributed by atoms with van der Waals surface area (Å²) in [5, 5.41) is 7.24. The molecule has 14 heavy (non-hydrogen) atoms. The highest BCUT2D eigenvalue weighted by Crippen LogP contribution is 2.07. The molecule has 0 amide bonds. The van der Waals surface area contributed by atoms with Crippen LogP contribution in [0.25, 0.3) is 12.2 Å². The standard InChI is InChI=1S/C10H9N3O/c11-10-13-12-9(14-10)7-6-8-4-2-1-3-5-8/h1-7H,(H2,11,13). The highest BCUT2D eigenvalue weighted by atomic mass is 16.4. The molecule has 0 fully saturated rings. The molecule has 0 saturated heterocycles. The molecule has 2 N–H and O–H groups in total. The normalized spacial score (nSPS) is 10.9. The maximum absolute atomic E-state index is 5.27. The van der Waals surface area contributed by atoms with E-state index in [1.165, 1.54) is 0 Å². The lowest BCUT2D eigenvalue weighted by Crippen LogP contribution is -1.81. The number of nitrogens with zero attached hydrogens (tertiary/aromatic N) is 2. The molecule has 0 bridgehead atoms. The minimum Gasteiger partial charge on any atom is -0.404 e. The van der Waals surface area contributed by atoms with Crippen molar-refractivity contribution in [3.05, 3.63) is 41.8 Å². The third kappa shape index (κ3) is 1.98. The van der Waals surface area contributed by atoms with Gasteiger partial charge in [-0.1, -0.05) is 35.4 Å². The zero-order valence-electron chi connectivity index (χ0n) is 7.42. The van der Waals surface area contributed by atoms with Gasteiger partial charge in [0.25, 0.3) is 0 Å². The summed E-state index contributed by atoms with van der Waals surface area (Å²) in [6.07, 6.45) is 3.60. The number of anilines is 1. The van der Waals surface area contributed by atoms with Crippen LogP contribution in [0.3, 0.4) is 0 Å². The van der Waals surface area contributed by atoms with Crippen molar-refractivity contribution in [3.63, 3.8) is 0 Å². The van der Waals surface area contributed by atoms with Crippen LogP contribution in [-0.2, 0) is 0 Å². The summed E-state index contributed by atoms with van der Waals surface area (Å²) in [6.45, 7) is 0. The van der Waals surface area contributed by atoms with Crippen molar-refractivity contribution < 1.29 is 4.42 Å². The smallest absolute Gasteiger partial charge is 0.313 e. The molecular formula is C10H9N3O. The Hall–Kier alpha value is -2.10. The van der Waals surface area contributed by atoms with Gasteiger partial charge in [-0.05, 0) is 11.6 Å². The lowest BCUT2D eigenvalue weighted by Gasteiger charge is -1.88. The molecule has 0 unspecified atom stereocenters. The fourth-order valence-electron chi connectivity index (χ4n) is 1.05. The predicted molar refractivity (Wildman–Crippen MR) is 54.1 cm³/mol. The molecule has 0 atom stereocenters. The Bertz CT molecular complexity index is 434. The number of rotatable bonds is 2. The molecule has 0 aliphatic carbocycles. The number of aromatic nitrogens is 2. The molecule has 0 spiro atoms. The van der Waals surface area contributed by atoms with Crippen molar-refractivity contribution >= 4 is 18.2 Å². The first-order chi connectivity index (χ1) is 6.84. The first kappa shape index (κ1) is 8.50. The van der Waals surface area contributed by atoms with Gasteiger partial charge in [-0.2, -0.15) is 0 Å². The fourth-order valence-corrected chi connectivity index (χ4v) is 1.05. The summed E-state index contributed by atoms with van der Waals surface area (Å²) >= 11 is 0. The van der Waals surface area contributed by atoms with Crippen LogP contribution in [0.4, 0.5) is 6.01 Å². The first-order valence-corrected chi connectivity index (χ1v) is 4.17. The third-order valence-corrected chi connectivity index (χ3v) is 1.67. The van der Waals surface area contributed by atoms with Crippen LogP contribution in [-0.4, -0.2) is 10.2 Å². The van der Waals surface area contributed by atoms with Gasteiger partial charge in [0.05, 0.1) is 0 Å². The summed E-state index contributed by atoms with van der Waals surface area (Å²) in [4.78, 5) is 0. The minimum atomic E-state index is 0.0812. The molecule has 2 aromatic rings. The van der Waals surface area contributed by atoms with Crippen molar-refractivity contribution in [2.24, 2.45) is 0 Å². The van der Waals surface area contributed by atoms with Crippen molar-refractivity contribution in [2.75, 3.05) is 5.73 Å². The van der Waals surface area contributed by atoms with E-state index in [1.807, 2.05) is 36.4 Å². The van der Waals surface area contributed by atoms with Crippen molar-refractivity contribution in [1.82, 2.24) is 10.2 Å². The molecule has 1 aromatic carbocycles. The second-order valence-electron chi connectivity index (χ2n) is 2.72. The van der Waals surface area contributed by atoms with Crippen molar-refractivity contribution in [2.45, 2.75) is 0 Å². The van der Waals surface area contributed by atoms with Gasteiger partial charge >= 0.3 is 6.01 Å². The van der Waals surface area contributed by atoms with Crippen LogP contribution >= 0.6 is 0 Å². The molecule has 0 radical (unpaired) electrons. The topological polar surface area (TPSA) is 64.9 Å². The fraction of sp³-hybridized carbons (Fsp3) is 0. The van der Waals surface area contributed by atoms with Crippen LogP contribution in [0.2, 0.25) is 0 Å². The van der Waals surface area contributed by atoms with Gasteiger partial charge in [-0.3, -0.25) is 0 Å². The van der Waals surface area contributed by atoms with E-state index in [-0.39, 0.29) is 6.01 Å². The second-order valence-corrected chi connectivity index (χ2v) is 2.72. The van der Waals surface area contributed by atoms with Gasteiger partial charge in [0, 0.05) is 6.08 Å². The average Bonchev–Trinajstić information content (AvgIpc) is 2.63. The molecule has 1 heterocycles. The summed E-state index contributed by atoms with van der Waals surface area (Å²) in [5.41, 5.74) is 6.35. The highest BCUT2D eigenvalue weighted by molar-refractivity contribution is 5.65. The largest absolute Gasteiger partial charge is 0.404 e. The summed E-state index contributed by atoms with van der Waals surface area (Å²) in [7, 11) is 0. The molecule has 0 saturated carbocycles. The van der Waals surface area contributed by atoms with Gasteiger partial charge in [-0.15, -0.1) is 5.10 Å². The number of nitrogens with two attached hydrogens (primary N) is 1. The molecule has 1 aromatic heterocycles. The molecule has 2 rings (SSSR count). The highest BCUT2D eigenvalue weighted by Gasteiger charge is 1.96. The Labute approximate surface area is 81.1 Å². The van der Waals surface area contributed by atoms with Gasteiger partial charge in [-0.25, -0.2) is 0 Å². The predicted octanol–water partition coefficient (Wildman–Crippen LogP) is 1.82. The molecule has 4 nitrogen and oxygen atoms in total. The van der Waals surface area contributed by atoms with Crippen LogP contribution in [0.15, 0.2) is 34.7 Å². The molecular weight excluding hydrogens is 178 g/mol. The Morgan fingerprint density at radius 3 is 2.50 bits per heavy atom. The SMILES string of the molecule is Nc1nnc(C=Cc2ccccc2)o1. The number of nitrogen functional groups attached to an aromatic ring is 1. The lowest BCUT2D eigenvalue weighted by molar-refractivity contribution is 0.563. The Kier molecular flexibility index (Phi) is 2.27. The molecule has 0 aliphatic rings. The monoisotopic (exact) mass is 187 g/mol. The number of hydrogen-bond donors (Lipinski definition) is 1. The first-order valence-electron chi connectivity index (χ1n) is 4.17. The van der Waals surface area contributed by atoms with E-state index in [2.05, 4.69) is 10.2 Å². The summed E-state index contributed by atoms with van der Waals surface area (Å²) in [6, 6.07) is 9.93. The number of hydrogen-bond acceptors (Lipinski definition) is 4. The Morgan fingerprint density at radius 1 is 1.07 bits per heavy atom. The molecule has 70 valence electrons.